The summed E-state index contributed by atoms with van der Waals surface area (Å²) in [5.41, 5.74) is 8.11. The van der Waals surface area contributed by atoms with Gasteiger partial charge in [0.25, 0.3) is 5.91 Å². The molecule has 1 aromatic carbocycles. The highest BCUT2D eigenvalue weighted by Crippen LogP contribution is 2.27. The third-order valence-electron chi connectivity index (χ3n) is 4.60. The number of carbonyl (C=O) groups excluding carboxylic acids is 1. The summed E-state index contributed by atoms with van der Waals surface area (Å²) in [7, 11) is 0. The number of amides is 1. The van der Waals surface area contributed by atoms with Crippen LogP contribution in [0.5, 0.6) is 0 Å². The fourth-order valence-electron chi connectivity index (χ4n) is 3.19. The Balaban J connectivity index is 0.00000131. The van der Waals surface area contributed by atoms with Crippen molar-refractivity contribution in [3.63, 3.8) is 0 Å². The Kier molecular flexibility index (Phi) is 6.86. The van der Waals surface area contributed by atoms with Crippen LogP contribution in [0.25, 0.3) is 10.2 Å². The number of benzene rings is 1. The zero-order valence-corrected chi connectivity index (χ0v) is 17.2. The molecule has 0 unspecified atom stereocenters. The number of hydrogen-bond donors (Lipinski definition) is 1. The van der Waals surface area contributed by atoms with Gasteiger partial charge in [-0.3, -0.25) is 4.79 Å². The van der Waals surface area contributed by atoms with Gasteiger partial charge in [-0.15, -0.1) is 36.2 Å². The maximum atomic E-state index is 12.8. The van der Waals surface area contributed by atoms with Crippen LogP contribution in [-0.4, -0.2) is 47.0 Å². The molecule has 2 aromatic heterocycles. The van der Waals surface area contributed by atoms with Crippen molar-refractivity contribution >= 4 is 63.8 Å². The van der Waals surface area contributed by atoms with E-state index in [1.807, 2.05) is 29.3 Å². The first kappa shape index (κ1) is 21.2. The Hall–Kier alpha value is -2.09. The molecule has 1 aliphatic heterocycles. The number of nitrogens with two attached hydrogens (primary N) is 1. The average molecular weight is 426 g/mol. The predicted molar refractivity (Wildman–Crippen MR) is 116 cm³/mol. The summed E-state index contributed by atoms with van der Waals surface area (Å²) in [6, 6.07) is 7.55. The molecule has 6 nitrogen and oxygen atoms in total. The lowest BCUT2D eigenvalue weighted by atomic mass is 10.1. The number of carbonyl (C=O) groups is 1. The van der Waals surface area contributed by atoms with E-state index in [1.165, 1.54) is 0 Å². The molecule has 3 aromatic rings. The van der Waals surface area contributed by atoms with Crippen LogP contribution in [0.1, 0.15) is 15.9 Å². The summed E-state index contributed by atoms with van der Waals surface area (Å²) in [6.07, 6.45) is 1.61. The number of aryl methyl sites for hydroxylation is 1. The SMILES string of the molecule is Cc1ccc(N)cc1C(=O)N1CCN(c2ncnc3sccc23)CC1.Cl.Cl. The normalized spacial score (nSPS) is 13.8. The van der Waals surface area contributed by atoms with Crippen LogP contribution in [0.15, 0.2) is 36.0 Å². The minimum absolute atomic E-state index is 0. The summed E-state index contributed by atoms with van der Waals surface area (Å²) in [5.74, 6) is 1.01. The number of hydrogen-bond acceptors (Lipinski definition) is 6. The molecule has 1 amide bonds. The van der Waals surface area contributed by atoms with Crippen LogP contribution < -0.4 is 10.6 Å². The molecular weight excluding hydrogens is 405 g/mol. The molecule has 0 atom stereocenters. The Morgan fingerprint density at radius 3 is 2.59 bits per heavy atom. The Labute approximate surface area is 174 Å². The number of piperazine rings is 1. The molecule has 2 N–H and O–H groups in total. The van der Waals surface area contributed by atoms with Gasteiger partial charge < -0.3 is 15.5 Å². The third kappa shape index (κ3) is 4.10. The van der Waals surface area contributed by atoms with Crippen molar-refractivity contribution in [2.75, 3.05) is 36.8 Å². The molecule has 1 aliphatic rings. The number of nitrogens with zero attached hydrogens (tertiary/aromatic N) is 4. The van der Waals surface area contributed by atoms with Crippen molar-refractivity contribution in [2.45, 2.75) is 6.92 Å². The van der Waals surface area contributed by atoms with E-state index >= 15 is 0 Å². The van der Waals surface area contributed by atoms with Gasteiger partial charge in [-0.1, -0.05) is 6.07 Å². The van der Waals surface area contributed by atoms with Gasteiger partial charge in [0.2, 0.25) is 0 Å². The second-order valence-corrected chi connectivity index (χ2v) is 7.08. The lowest BCUT2D eigenvalue weighted by Crippen LogP contribution is -2.49. The second-order valence-electron chi connectivity index (χ2n) is 6.19. The van der Waals surface area contributed by atoms with Crippen molar-refractivity contribution in [2.24, 2.45) is 0 Å². The van der Waals surface area contributed by atoms with Crippen LogP contribution in [0, 0.1) is 6.92 Å². The van der Waals surface area contributed by atoms with E-state index in [9.17, 15) is 4.79 Å². The molecule has 0 spiro atoms. The Morgan fingerprint density at radius 1 is 1.11 bits per heavy atom. The number of anilines is 2. The zero-order chi connectivity index (χ0) is 17.4. The van der Waals surface area contributed by atoms with Gasteiger partial charge in [0, 0.05) is 37.4 Å². The van der Waals surface area contributed by atoms with Crippen molar-refractivity contribution in [1.29, 1.82) is 0 Å². The molecule has 9 heteroatoms. The van der Waals surface area contributed by atoms with Gasteiger partial charge in [-0.05, 0) is 36.1 Å². The maximum Gasteiger partial charge on any atom is 0.254 e. The van der Waals surface area contributed by atoms with Gasteiger partial charge in [-0.25, -0.2) is 9.97 Å². The van der Waals surface area contributed by atoms with Gasteiger partial charge in [0.15, 0.2) is 0 Å². The summed E-state index contributed by atoms with van der Waals surface area (Å²) in [4.78, 5) is 26.7. The van der Waals surface area contributed by atoms with Gasteiger partial charge >= 0.3 is 0 Å². The third-order valence-corrected chi connectivity index (χ3v) is 5.42. The van der Waals surface area contributed by atoms with Crippen molar-refractivity contribution in [1.82, 2.24) is 14.9 Å². The quantitative estimate of drug-likeness (QED) is 0.636. The fraction of sp³-hybridized carbons (Fsp3) is 0.278. The van der Waals surface area contributed by atoms with Crippen LogP contribution in [-0.2, 0) is 0 Å². The highest BCUT2D eigenvalue weighted by Gasteiger charge is 2.25. The highest BCUT2D eigenvalue weighted by molar-refractivity contribution is 7.16. The van der Waals surface area contributed by atoms with E-state index in [0.717, 1.165) is 34.7 Å². The minimum Gasteiger partial charge on any atom is -0.399 e. The first-order valence-corrected chi connectivity index (χ1v) is 9.10. The second kappa shape index (κ2) is 8.73. The number of rotatable bonds is 2. The highest BCUT2D eigenvalue weighted by atomic mass is 35.5. The van der Waals surface area contributed by atoms with Crippen LogP contribution in [0.4, 0.5) is 11.5 Å². The van der Waals surface area contributed by atoms with E-state index < -0.39 is 0 Å². The topological polar surface area (TPSA) is 75.4 Å². The lowest BCUT2D eigenvalue weighted by Gasteiger charge is -2.35. The number of halogens is 2. The molecular formula is C18H21Cl2N5OS. The number of aromatic nitrogens is 2. The number of thiophene rings is 1. The van der Waals surface area contributed by atoms with Gasteiger partial charge in [0.05, 0.1) is 5.39 Å². The largest absolute Gasteiger partial charge is 0.399 e. The van der Waals surface area contributed by atoms with E-state index in [-0.39, 0.29) is 30.7 Å². The number of nitrogen functional groups attached to an aromatic ring is 1. The molecule has 27 heavy (non-hydrogen) atoms. The molecule has 3 heterocycles. The van der Waals surface area contributed by atoms with Gasteiger partial charge in [-0.2, -0.15) is 0 Å². The van der Waals surface area contributed by atoms with E-state index in [4.69, 9.17) is 5.73 Å². The Morgan fingerprint density at radius 2 is 1.85 bits per heavy atom. The fourth-order valence-corrected chi connectivity index (χ4v) is 3.92. The molecule has 0 saturated carbocycles. The van der Waals surface area contributed by atoms with Gasteiger partial charge in [0.1, 0.15) is 17.0 Å². The van der Waals surface area contributed by atoms with Crippen molar-refractivity contribution < 1.29 is 4.79 Å². The molecule has 0 aliphatic carbocycles. The molecule has 1 fully saturated rings. The molecule has 1 saturated heterocycles. The first-order chi connectivity index (χ1) is 12.1. The first-order valence-electron chi connectivity index (χ1n) is 8.22. The van der Waals surface area contributed by atoms with Crippen LogP contribution in [0.3, 0.4) is 0 Å². The summed E-state index contributed by atoms with van der Waals surface area (Å²) >= 11 is 1.62. The maximum absolute atomic E-state index is 12.8. The molecule has 4 rings (SSSR count). The minimum atomic E-state index is 0. The predicted octanol–water partition coefficient (Wildman–Crippen LogP) is 3.39. The standard InChI is InChI=1S/C18H19N5OS.2ClH/c1-12-2-3-13(19)10-15(12)18(24)23-7-5-22(6-8-23)16-14-4-9-25-17(14)21-11-20-16;;/h2-4,9-11H,5-8,19H2,1H3;2*1H. The van der Waals surface area contributed by atoms with E-state index in [0.29, 0.717) is 24.3 Å². The van der Waals surface area contributed by atoms with Crippen molar-refractivity contribution in [3.8, 4) is 0 Å². The summed E-state index contributed by atoms with van der Waals surface area (Å²) in [5, 5.41) is 3.12. The zero-order valence-electron chi connectivity index (χ0n) is 14.8. The summed E-state index contributed by atoms with van der Waals surface area (Å²) < 4.78 is 0. The molecule has 0 bridgehead atoms. The van der Waals surface area contributed by atoms with E-state index in [2.05, 4.69) is 20.9 Å². The average Bonchev–Trinajstić information content (AvgIpc) is 3.12. The molecule has 0 radical (unpaired) electrons. The summed E-state index contributed by atoms with van der Waals surface area (Å²) in [6.45, 7) is 4.80. The Bertz CT molecular complexity index is 940. The van der Waals surface area contributed by atoms with Crippen LogP contribution in [0.2, 0.25) is 0 Å². The monoisotopic (exact) mass is 425 g/mol. The molecule has 144 valence electrons. The smallest absolute Gasteiger partial charge is 0.254 e. The van der Waals surface area contributed by atoms with Crippen molar-refractivity contribution in [3.05, 3.63) is 47.1 Å². The number of fused-ring (bicyclic) bond motifs is 1. The lowest BCUT2D eigenvalue weighted by molar-refractivity contribution is 0.0746. The van der Waals surface area contributed by atoms with Crippen LogP contribution >= 0.6 is 36.2 Å². The van der Waals surface area contributed by atoms with E-state index in [1.54, 1.807) is 23.7 Å².